The van der Waals surface area contributed by atoms with Crippen LogP contribution in [0.4, 0.5) is 13.2 Å². The Hall–Kier alpha value is -2.08. The molecule has 0 atom stereocenters. The van der Waals surface area contributed by atoms with Gasteiger partial charge in [0.25, 0.3) is 5.78 Å². The molecule has 6 heteroatoms. The van der Waals surface area contributed by atoms with E-state index in [-0.39, 0.29) is 0 Å². The van der Waals surface area contributed by atoms with E-state index in [0.29, 0.717) is 19.2 Å². The highest BCUT2D eigenvalue weighted by Crippen LogP contribution is 2.16. The molecule has 1 aliphatic rings. The number of allylic oxidation sites excluding steroid dienone is 1. The van der Waals surface area contributed by atoms with E-state index in [2.05, 4.69) is 11.0 Å². The summed E-state index contributed by atoms with van der Waals surface area (Å²) in [7, 11) is 0. The number of alkyl halides is 3. The van der Waals surface area contributed by atoms with Crippen molar-refractivity contribution in [3.63, 3.8) is 0 Å². The molecule has 124 valence electrons. The van der Waals surface area contributed by atoms with Crippen LogP contribution in [0, 0.1) is 0 Å². The number of rotatable bonds is 5. The fourth-order valence-electron chi connectivity index (χ4n) is 2.26. The standard InChI is InChI=1S/C17H19F3N2O/c18-17(19,20)16(23)8-10-22-13-11-21(12-14-22)9-4-7-15-5-2-1-3-6-15/h1-8,10H,9,11-14H2. The molecular weight excluding hydrogens is 305 g/mol. The predicted octanol–water partition coefficient (Wildman–Crippen LogP) is 2.96. The second-order valence-corrected chi connectivity index (χ2v) is 5.33. The molecule has 0 spiro atoms. The van der Waals surface area contributed by atoms with Gasteiger partial charge in [0.1, 0.15) is 0 Å². The normalized spacial score (nSPS) is 17.3. The van der Waals surface area contributed by atoms with E-state index in [0.717, 1.165) is 25.2 Å². The third-order valence-electron chi connectivity index (χ3n) is 3.60. The summed E-state index contributed by atoms with van der Waals surface area (Å²) < 4.78 is 36.3. The molecule has 0 aliphatic carbocycles. The SMILES string of the molecule is O=C(C=CN1CCN(CC=Cc2ccccc2)CC1)C(F)(F)F. The van der Waals surface area contributed by atoms with Gasteiger partial charge in [-0.1, -0.05) is 42.5 Å². The second-order valence-electron chi connectivity index (χ2n) is 5.33. The summed E-state index contributed by atoms with van der Waals surface area (Å²) in [6.07, 6.45) is 1.18. The highest BCUT2D eigenvalue weighted by Gasteiger charge is 2.36. The van der Waals surface area contributed by atoms with Crippen LogP contribution in [0.25, 0.3) is 6.08 Å². The first-order chi connectivity index (χ1) is 10.9. The van der Waals surface area contributed by atoms with Crippen molar-refractivity contribution >= 4 is 11.9 Å². The largest absolute Gasteiger partial charge is 0.454 e. The van der Waals surface area contributed by atoms with Crippen molar-refractivity contribution < 1.29 is 18.0 Å². The van der Waals surface area contributed by atoms with Gasteiger partial charge in [0.05, 0.1) is 0 Å². The molecule has 0 aromatic heterocycles. The third-order valence-corrected chi connectivity index (χ3v) is 3.60. The third kappa shape index (κ3) is 5.90. The molecule has 1 aromatic rings. The summed E-state index contributed by atoms with van der Waals surface area (Å²) in [4.78, 5) is 14.7. The number of ketones is 1. The number of carbonyl (C=O) groups is 1. The van der Waals surface area contributed by atoms with Crippen LogP contribution in [0.3, 0.4) is 0 Å². The van der Waals surface area contributed by atoms with E-state index < -0.39 is 12.0 Å². The second kappa shape index (κ2) is 7.97. The first-order valence-corrected chi connectivity index (χ1v) is 7.42. The predicted molar refractivity (Wildman–Crippen MR) is 83.7 cm³/mol. The van der Waals surface area contributed by atoms with Gasteiger partial charge in [-0.2, -0.15) is 13.2 Å². The molecule has 1 aromatic carbocycles. The van der Waals surface area contributed by atoms with Gasteiger partial charge in [-0.15, -0.1) is 0 Å². The van der Waals surface area contributed by atoms with E-state index in [1.807, 2.05) is 36.4 Å². The Morgan fingerprint density at radius 2 is 1.74 bits per heavy atom. The van der Waals surface area contributed by atoms with Crippen LogP contribution in [-0.2, 0) is 4.79 Å². The van der Waals surface area contributed by atoms with Crippen LogP contribution in [0.5, 0.6) is 0 Å². The molecule has 0 unspecified atom stereocenters. The zero-order valence-corrected chi connectivity index (χ0v) is 12.7. The summed E-state index contributed by atoms with van der Waals surface area (Å²) >= 11 is 0. The van der Waals surface area contributed by atoms with E-state index in [9.17, 15) is 18.0 Å². The van der Waals surface area contributed by atoms with Crippen molar-refractivity contribution in [1.29, 1.82) is 0 Å². The Labute approximate surface area is 133 Å². The molecule has 3 nitrogen and oxygen atoms in total. The topological polar surface area (TPSA) is 23.6 Å². The van der Waals surface area contributed by atoms with Gasteiger partial charge in [-0.3, -0.25) is 9.69 Å². The molecule has 1 fully saturated rings. The molecule has 1 saturated heterocycles. The van der Waals surface area contributed by atoms with Crippen molar-refractivity contribution in [2.75, 3.05) is 32.7 Å². The summed E-state index contributed by atoms with van der Waals surface area (Å²) in [6, 6.07) is 9.97. The lowest BCUT2D eigenvalue weighted by Gasteiger charge is -2.33. The maximum atomic E-state index is 12.1. The lowest BCUT2D eigenvalue weighted by atomic mass is 10.2. The van der Waals surface area contributed by atoms with E-state index in [1.54, 1.807) is 4.90 Å². The number of nitrogens with zero attached hydrogens (tertiary/aromatic N) is 2. The smallest absolute Gasteiger partial charge is 0.375 e. The summed E-state index contributed by atoms with van der Waals surface area (Å²) in [5, 5.41) is 0. The minimum absolute atomic E-state index is 0.602. The van der Waals surface area contributed by atoms with Crippen LogP contribution < -0.4 is 0 Å². The number of benzene rings is 1. The van der Waals surface area contributed by atoms with Gasteiger partial charge >= 0.3 is 6.18 Å². The van der Waals surface area contributed by atoms with Crippen LogP contribution >= 0.6 is 0 Å². The number of carbonyl (C=O) groups excluding carboxylic acids is 1. The van der Waals surface area contributed by atoms with Crippen LogP contribution in [-0.4, -0.2) is 54.5 Å². The first kappa shape index (κ1) is 17.3. The zero-order chi connectivity index (χ0) is 16.7. The number of piperazine rings is 1. The van der Waals surface area contributed by atoms with Crippen molar-refractivity contribution in [2.24, 2.45) is 0 Å². The van der Waals surface area contributed by atoms with E-state index in [4.69, 9.17) is 0 Å². The fourth-order valence-corrected chi connectivity index (χ4v) is 2.26. The van der Waals surface area contributed by atoms with Crippen molar-refractivity contribution in [3.8, 4) is 0 Å². The van der Waals surface area contributed by atoms with Gasteiger partial charge in [-0.25, -0.2) is 0 Å². The molecule has 23 heavy (non-hydrogen) atoms. The van der Waals surface area contributed by atoms with Gasteiger partial charge < -0.3 is 4.90 Å². The molecule has 0 amide bonds. The lowest BCUT2D eigenvalue weighted by molar-refractivity contribution is -0.165. The molecule has 1 aliphatic heterocycles. The average molecular weight is 324 g/mol. The lowest BCUT2D eigenvalue weighted by Crippen LogP contribution is -2.44. The molecule has 2 rings (SSSR count). The van der Waals surface area contributed by atoms with E-state index >= 15 is 0 Å². The summed E-state index contributed by atoms with van der Waals surface area (Å²) in [5.41, 5.74) is 1.14. The van der Waals surface area contributed by atoms with Gasteiger partial charge in [-0.05, 0) is 5.56 Å². The van der Waals surface area contributed by atoms with Crippen molar-refractivity contribution in [2.45, 2.75) is 6.18 Å². The highest BCUT2D eigenvalue weighted by molar-refractivity contribution is 5.94. The maximum absolute atomic E-state index is 12.1. The van der Waals surface area contributed by atoms with Crippen LogP contribution in [0.1, 0.15) is 5.56 Å². The minimum Gasteiger partial charge on any atom is -0.375 e. The first-order valence-electron chi connectivity index (χ1n) is 7.42. The van der Waals surface area contributed by atoms with Gasteiger partial charge in [0, 0.05) is 45.0 Å². The molecule has 0 N–H and O–H groups in total. The van der Waals surface area contributed by atoms with Gasteiger partial charge in [0.15, 0.2) is 0 Å². The Balaban J connectivity index is 1.73. The van der Waals surface area contributed by atoms with Crippen LogP contribution in [0.15, 0.2) is 48.7 Å². The molecule has 0 saturated carbocycles. The van der Waals surface area contributed by atoms with Crippen molar-refractivity contribution in [1.82, 2.24) is 9.80 Å². The summed E-state index contributed by atoms with van der Waals surface area (Å²) in [6.45, 7) is 3.53. The Kier molecular flexibility index (Phi) is 5.98. The maximum Gasteiger partial charge on any atom is 0.454 e. The highest BCUT2D eigenvalue weighted by atomic mass is 19.4. The zero-order valence-electron chi connectivity index (χ0n) is 12.7. The van der Waals surface area contributed by atoms with Gasteiger partial charge in [0.2, 0.25) is 0 Å². The number of hydrogen-bond acceptors (Lipinski definition) is 3. The van der Waals surface area contributed by atoms with Crippen molar-refractivity contribution in [3.05, 3.63) is 54.2 Å². The molecular formula is C17H19F3N2O. The fraction of sp³-hybridized carbons (Fsp3) is 0.353. The number of hydrogen-bond donors (Lipinski definition) is 0. The quantitative estimate of drug-likeness (QED) is 0.778. The molecule has 1 heterocycles. The molecule has 0 bridgehead atoms. The average Bonchev–Trinajstić information content (AvgIpc) is 2.54. The molecule has 0 radical (unpaired) electrons. The Morgan fingerprint density at radius 3 is 2.35 bits per heavy atom. The monoisotopic (exact) mass is 324 g/mol. The minimum atomic E-state index is -4.79. The van der Waals surface area contributed by atoms with E-state index in [1.165, 1.54) is 6.20 Å². The summed E-state index contributed by atoms with van der Waals surface area (Å²) in [5.74, 6) is -1.81. The Morgan fingerprint density at radius 1 is 1.09 bits per heavy atom. The van der Waals surface area contributed by atoms with Crippen LogP contribution in [0.2, 0.25) is 0 Å². The Bertz CT molecular complexity index is 559. The number of halogens is 3.